The van der Waals surface area contributed by atoms with Crippen LogP contribution >= 0.6 is 0 Å². The summed E-state index contributed by atoms with van der Waals surface area (Å²) < 4.78 is 34.2. The van der Waals surface area contributed by atoms with Crippen molar-refractivity contribution in [1.82, 2.24) is 0 Å². The Morgan fingerprint density at radius 2 is 2.09 bits per heavy atom. The number of carbonyl (C=O) groups is 1. The van der Waals surface area contributed by atoms with E-state index in [1.165, 1.54) is 0 Å². The lowest BCUT2D eigenvalue weighted by molar-refractivity contribution is -0.149. The molecule has 64 valence electrons. The quantitative estimate of drug-likeness (QED) is 0.598. The summed E-state index contributed by atoms with van der Waals surface area (Å²) in [6, 6.07) is 0. The molecule has 1 aliphatic heterocycles. The third kappa shape index (κ3) is 1.50. The largest absolute Gasteiger partial charge is 0.479 e. The maximum absolute atomic E-state index is 13.0. The Morgan fingerprint density at radius 1 is 1.55 bits per heavy atom. The number of carboxylic acids is 1. The average Bonchev–Trinajstić information content (AvgIpc) is 2.08. The molecule has 4 nitrogen and oxygen atoms in total. The van der Waals surface area contributed by atoms with Gasteiger partial charge in [-0.3, -0.25) is 0 Å². The zero-order valence-electron chi connectivity index (χ0n) is 5.58. The normalized spacial score (nSPS) is 35.4. The lowest BCUT2D eigenvalue weighted by Crippen LogP contribution is -2.34. The summed E-state index contributed by atoms with van der Waals surface area (Å²) in [5, 5.41) is 8.27. The molecule has 1 fully saturated rings. The molecule has 0 aromatic heterocycles. The van der Waals surface area contributed by atoms with Crippen LogP contribution in [-0.4, -0.2) is 36.7 Å². The van der Waals surface area contributed by atoms with E-state index in [-0.39, 0.29) is 5.75 Å². The second kappa shape index (κ2) is 2.17. The first-order valence-corrected chi connectivity index (χ1v) is 4.81. The molecule has 0 amide bonds. The summed E-state index contributed by atoms with van der Waals surface area (Å²) in [6.07, 6.45) is -0.426. The third-order valence-corrected chi connectivity index (χ3v) is 3.36. The van der Waals surface area contributed by atoms with E-state index in [2.05, 4.69) is 0 Å². The summed E-state index contributed by atoms with van der Waals surface area (Å²) >= 11 is 0. The highest BCUT2D eigenvalue weighted by atomic mass is 32.2. The van der Waals surface area contributed by atoms with Gasteiger partial charge in [0.05, 0.1) is 11.5 Å². The van der Waals surface area contributed by atoms with Gasteiger partial charge in [-0.15, -0.1) is 0 Å². The van der Waals surface area contributed by atoms with Gasteiger partial charge in [0.2, 0.25) is 5.67 Å². The first-order chi connectivity index (χ1) is 4.86. The van der Waals surface area contributed by atoms with Crippen molar-refractivity contribution in [2.45, 2.75) is 12.1 Å². The molecule has 1 N–H and O–H groups in total. The van der Waals surface area contributed by atoms with Gasteiger partial charge in [-0.2, -0.15) is 0 Å². The van der Waals surface area contributed by atoms with Crippen LogP contribution in [0.3, 0.4) is 0 Å². The topological polar surface area (TPSA) is 71.4 Å². The number of alkyl halides is 1. The van der Waals surface area contributed by atoms with Crippen LogP contribution in [0.15, 0.2) is 0 Å². The zero-order valence-corrected chi connectivity index (χ0v) is 6.40. The molecule has 0 bridgehead atoms. The molecule has 11 heavy (non-hydrogen) atoms. The van der Waals surface area contributed by atoms with Gasteiger partial charge in [0.1, 0.15) is 0 Å². The maximum Gasteiger partial charge on any atom is 0.342 e. The molecule has 0 spiro atoms. The standard InChI is InChI=1S/C5H7FO4S/c6-5(4(7)8)1-2-11(9,10)3-5/h1-3H2,(H,7,8)/t5-/m0/s1. The fraction of sp³-hybridized carbons (Fsp3) is 0.800. The van der Waals surface area contributed by atoms with Crippen LogP contribution in [0.25, 0.3) is 0 Å². The minimum atomic E-state index is -3.45. The molecule has 0 radical (unpaired) electrons. The van der Waals surface area contributed by atoms with Gasteiger partial charge in [0.15, 0.2) is 9.84 Å². The highest BCUT2D eigenvalue weighted by molar-refractivity contribution is 7.91. The fourth-order valence-electron chi connectivity index (χ4n) is 0.979. The molecule has 6 heteroatoms. The molecule has 0 aromatic carbocycles. The van der Waals surface area contributed by atoms with Crippen molar-refractivity contribution < 1.29 is 22.7 Å². The van der Waals surface area contributed by atoms with Gasteiger partial charge in [0, 0.05) is 6.42 Å². The first kappa shape index (κ1) is 8.45. The predicted octanol–water partition coefficient (Wildman–Crippen LogP) is -0.402. The lowest BCUT2D eigenvalue weighted by Gasteiger charge is -2.09. The first-order valence-electron chi connectivity index (χ1n) is 2.98. The number of hydrogen-bond donors (Lipinski definition) is 1. The van der Waals surface area contributed by atoms with E-state index in [1.54, 1.807) is 0 Å². The Hall–Kier alpha value is -0.650. The SMILES string of the molecule is O=C(O)[C@]1(F)CCS(=O)(=O)C1. The number of sulfone groups is 1. The molecule has 0 unspecified atom stereocenters. The van der Waals surface area contributed by atoms with E-state index in [1.807, 2.05) is 0 Å². The third-order valence-electron chi connectivity index (χ3n) is 1.64. The van der Waals surface area contributed by atoms with Crippen LogP contribution in [0.1, 0.15) is 6.42 Å². The molecule has 1 atom stereocenters. The monoisotopic (exact) mass is 182 g/mol. The molecular weight excluding hydrogens is 175 g/mol. The summed E-state index contributed by atoms with van der Waals surface area (Å²) in [5.74, 6) is -2.93. The molecular formula is C5H7FO4S. The van der Waals surface area contributed by atoms with Crippen molar-refractivity contribution in [3.63, 3.8) is 0 Å². The predicted molar refractivity (Wildman–Crippen MR) is 34.7 cm³/mol. The Morgan fingerprint density at radius 3 is 2.27 bits per heavy atom. The number of halogens is 1. The van der Waals surface area contributed by atoms with E-state index in [9.17, 15) is 17.6 Å². The van der Waals surface area contributed by atoms with Crippen molar-refractivity contribution in [3.05, 3.63) is 0 Å². The van der Waals surface area contributed by atoms with Gasteiger partial charge in [0.25, 0.3) is 0 Å². The van der Waals surface area contributed by atoms with Crippen LogP contribution in [0.2, 0.25) is 0 Å². The Balaban J connectivity index is 2.90. The molecule has 1 aliphatic rings. The average molecular weight is 182 g/mol. The minimum absolute atomic E-state index is 0.365. The lowest BCUT2D eigenvalue weighted by atomic mass is 10.1. The summed E-state index contributed by atoms with van der Waals surface area (Å²) in [6.45, 7) is 0. The van der Waals surface area contributed by atoms with Gasteiger partial charge < -0.3 is 5.11 Å². The minimum Gasteiger partial charge on any atom is -0.479 e. The summed E-state index contributed by atoms with van der Waals surface area (Å²) in [4.78, 5) is 10.2. The second-order valence-corrected chi connectivity index (χ2v) is 4.80. The Kier molecular flexibility index (Phi) is 1.66. The van der Waals surface area contributed by atoms with Crippen LogP contribution in [0.5, 0.6) is 0 Å². The van der Waals surface area contributed by atoms with E-state index in [4.69, 9.17) is 5.11 Å². The van der Waals surface area contributed by atoms with E-state index >= 15 is 0 Å². The highest BCUT2D eigenvalue weighted by Crippen LogP contribution is 2.27. The van der Waals surface area contributed by atoms with Crippen molar-refractivity contribution >= 4 is 15.8 Å². The smallest absolute Gasteiger partial charge is 0.342 e. The van der Waals surface area contributed by atoms with Crippen molar-refractivity contribution in [3.8, 4) is 0 Å². The molecule has 1 saturated heterocycles. The second-order valence-electron chi connectivity index (χ2n) is 2.61. The highest BCUT2D eigenvalue weighted by Gasteiger charge is 2.49. The maximum atomic E-state index is 13.0. The Labute approximate surface area is 62.9 Å². The zero-order chi connectivity index (χ0) is 8.70. The van der Waals surface area contributed by atoms with Crippen LogP contribution in [-0.2, 0) is 14.6 Å². The number of hydrogen-bond acceptors (Lipinski definition) is 3. The van der Waals surface area contributed by atoms with Gasteiger partial charge >= 0.3 is 5.97 Å². The molecule has 0 saturated carbocycles. The van der Waals surface area contributed by atoms with Crippen molar-refractivity contribution in [2.24, 2.45) is 0 Å². The van der Waals surface area contributed by atoms with Crippen molar-refractivity contribution in [2.75, 3.05) is 11.5 Å². The fourth-order valence-corrected chi connectivity index (χ4v) is 2.72. The van der Waals surface area contributed by atoms with Crippen LogP contribution in [0, 0.1) is 0 Å². The molecule has 0 aromatic rings. The van der Waals surface area contributed by atoms with Gasteiger partial charge in [-0.05, 0) is 0 Å². The summed E-state index contributed by atoms with van der Waals surface area (Å²) in [5.41, 5.74) is -2.54. The van der Waals surface area contributed by atoms with Crippen LogP contribution < -0.4 is 0 Å². The molecule has 1 heterocycles. The summed E-state index contributed by atoms with van der Waals surface area (Å²) in [7, 11) is -3.45. The van der Waals surface area contributed by atoms with E-state index < -0.39 is 33.6 Å². The number of carboxylic acid groups (broad SMARTS) is 1. The van der Waals surface area contributed by atoms with E-state index in [0.29, 0.717) is 0 Å². The molecule has 0 aliphatic carbocycles. The van der Waals surface area contributed by atoms with Gasteiger partial charge in [-0.25, -0.2) is 17.6 Å². The van der Waals surface area contributed by atoms with Gasteiger partial charge in [-0.1, -0.05) is 0 Å². The number of aliphatic carboxylic acids is 1. The van der Waals surface area contributed by atoms with Crippen LogP contribution in [0.4, 0.5) is 4.39 Å². The Bertz CT molecular complexity index is 283. The van der Waals surface area contributed by atoms with Crippen molar-refractivity contribution in [1.29, 1.82) is 0 Å². The molecule has 1 rings (SSSR count). The number of rotatable bonds is 1. The van der Waals surface area contributed by atoms with E-state index in [0.717, 1.165) is 0 Å².